The van der Waals surface area contributed by atoms with Gasteiger partial charge in [-0.1, -0.05) is 0 Å². The van der Waals surface area contributed by atoms with Crippen LogP contribution >= 0.6 is 11.8 Å². The molecule has 14 heavy (non-hydrogen) atoms. The number of carbonyl (C=O) groups is 1. The highest BCUT2D eigenvalue weighted by Crippen LogP contribution is 2.15. The molecule has 0 bridgehead atoms. The molecular weight excluding hydrogens is 202 g/mol. The molecule has 1 aromatic heterocycles. The first-order chi connectivity index (χ1) is 6.63. The highest BCUT2D eigenvalue weighted by molar-refractivity contribution is 7.98. The minimum atomic E-state index is -1.05. The predicted molar refractivity (Wildman–Crippen MR) is 57.1 cm³/mol. The number of carboxylic acids is 1. The number of hydrogen-bond donors (Lipinski definition) is 2. The topological polar surface area (TPSA) is 62.5 Å². The Labute approximate surface area is 86.7 Å². The van der Waals surface area contributed by atoms with Crippen LogP contribution in [0.3, 0.4) is 0 Å². The van der Waals surface area contributed by atoms with Crippen molar-refractivity contribution in [3.63, 3.8) is 0 Å². The average Bonchev–Trinajstić information content (AvgIpc) is 2.53. The molecule has 0 saturated carbocycles. The number of anilines is 1. The van der Waals surface area contributed by atoms with Gasteiger partial charge in [0.25, 0.3) is 0 Å². The third kappa shape index (κ3) is 2.99. The fourth-order valence-electron chi connectivity index (χ4n) is 1.06. The van der Waals surface area contributed by atoms with E-state index in [9.17, 15) is 4.79 Å². The zero-order valence-electron chi connectivity index (χ0n) is 8.11. The molecular formula is C9H13NO3S. The summed E-state index contributed by atoms with van der Waals surface area (Å²) >= 11 is 1.72. The molecule has 1 heterocycles. The molecule has 5 heteroatoms. The lowest BCUT2D eigenvalue weighted by atomic mass is 10.4. The van der Waals surface area contributed by atoms with Crippen LogP contribution in [0.2, 0.25) is 0 Å². The van der Waals surface area contributed by atoms with E-state index in [2.05, 4.69) is 5.32 Å². The fourth-order valence-corrected chi connectivity index (χ4v) is 1.65. The van der Waals surface area contributed by atoms with Crippen LogP contribution in [0.5, 0.6) is 0 Å². The number of hydrogen-bond acceptors (Lipinski definition) is 4. The molecule has 1 rings (SSSR count). The van der Waals surface area contributed by atoms with Gasteiger partial charge in [0.1, 0.15) is 0 Å². The lowest BCUT2D eigenvalue weighted by Crippen LogP contribution is -2.17. The van der Waals surface area contributed by atoms with E-state index in [1.807, 2.05) is 13.2 Å². The first-order valence-corrected chi connectivity index (χ1v) is 5.61. The van der Waals surface area contributed by atoms with Crippen molar-refractivity contribution < 1.29 is 14.3 Å². The summed E-state index contributed by atoms with van der Waals surface area (Å²) in [4.78, 5) is 10.5. The Morgan fingerprint density at radius 2 is 2.43 bits per heavy atom. The minimum absolute atomic E-state index is 0.0381. The molecule has 1 atom stereocenters. The molecule has 0 aliphatic carbocycles. The molecule has 0 radical (unpaired) electrons. The van der Waals surface area contributed by atoms with Gasteiger partial charge in [0.2, 0.25) is 5.76 Å². The van der Waals surface area contributed by atoms with Gasteiger partial charge in [0, 0.05) is 17.9 Å². The van der Waals surface area contributed by atoms with E-state index >= 15 is 0 Å². The van der Waals surface area contributed by atoms with Crippen LogP contribution in [0.4, 0.5) is 5.88 Å². The van der Waals surface area contributed by atoms with Crippen molar-refractivity contribution in [1.82, 2.24) is 0 Å². The second-order valence-corrected chi connectivity index (χ2v) is 3.88. The van der Waals surface area contributed by atoms with Crippen molar-refractivity contribution in [2.75, 3.05) is 17.3 Å². The summed E-state index contributed by atoms with van der Waals surface area (Å²) < 4.78 is 5.04. The number of rotatable bonds is 5. The minimum Gasteiger partial charge on any atom is -0.475 e. The summed E-state index contributed by atoms with van der Waals surface area (Å²) in [5.41, 5.74) is 0. The number of furan rings is 1. The summed E-state index contributed by atoms with van der Waals surface area (Å²) in [7, 11) is 0. The first-order valence-electron chi connectivity index (χ1n) is 4.22. The zero-order valence-corrected chi connectivity index (χ0v) is 8.93. The van der Waals surface area contributed by atoms with Crippen LogP contribution in [0, 0.1) is 0 Å². The van der Waals surface area contributed by atoms with Crippen LogP contribution < -0.4 is 5.32 Å². The summed E-state index contributed by atoms with van der Waals surface area (Å²) in [5, 5.41) is 11.7. The van der Waals surface area contributed by atoms with Gasteiger partial charge in [0.15, 0.2) is 5.88 Å². The SMILES string of the molecule is CSCC(C)Nc1ccc(C(=O)O)o1. The zero-order chi connectivity index (χ0) is 10.6. The molecule has 1 aromatic rings. The number of carboxylic acid groups (broad SMARTS) is 1. The van der Waals surface area contributed by atoms with E-state index in [1.165, 1.54) is 6.07 Å². The van der Waals surface area contributed by atoms with Crippen molar-refractivity contribution in [3.8, 4) is 0 Å². The Kier molecular flexibility index (Phi) is 3.88. The number of thioether (sulfide) groups is 1. The number of nitrogens with one attached hydrogen (secondary N) is 1. The molecule has 0 aromatic carbocycles. The van der Waals surface area contributed by atoms with E-state index in [4.69, 9.17) is 9.52 Å². The van der Waals surface area contributed by atoms with E-state index in [0.717, 1.165) is 5.75 Å². The largest absolute Gasteiger partial charge is 0.475 e. The van der Waals surface area contributed by atoms with Gasteiger partial charge in [-0.25, -0.2) is 4.79 Å². The first kappa shape index (κ1) is 11.0. The van der Waals surface area contributed by atoms with Crippen LogP contribution in [-0.4, -0.2) is 29.1 Å². The van der Waals surface area contributed by atoms with Crippen molar-refractivity contribution in [1.29, 1.82) is 0 Å². The predicted octanol–water partition coefficient (Wildman–Crippen LogP) is 2.14. The van der Waals surface area contributed by atoms with Crippen LogP contribution in [0.15, 0.2) is 16.5 Å². The van der Waals surface area contributed by atoms with Gasteiger partial charge in [-0.05, 0) is 19.2 Å². The van der Waals surface area contributed by atoms with Crippen molar-refractivity contribution in [3.05, 3.63) is 17.9 Å². The molecule has 4 nitrogen and oxygen atoms in total. The van der Waals surface area contributed by atoms with Gasteiger partial charge < -0.3 is 14.8 Å². The Balaban J connectivity index is 2.55. The van der Waals surface area contributed by atoms with E-state index in [1.54, 1.807) is 17.8 Å². The molecule has 0 spiro atoms. The smallest absolute Gasteiger partial charge is 0.371 e. The van der Waals surface area contributed by atoms with Gasteiger partial charge in [-0.3, -0.25) is 0 Å². The summed E-state index contributed by atoms with van der Waals surface area (Å²) in [6.07, 6.45) is 2.02. The maximum absolute atomic E-state index is 10.5. The van der Waals surface area contributed by atoms with E-state index in [0.29, 0.717) is 5.88 Å². The van der Waals surface area contributed by atoms with Gasteiger partial charge in [-0.15, -0.1) is 0 Å². The second kappa shape index (κ2) is 4.95. The maximum Gasteiger partial charge on any atom is 0.371 e. The Bertz CT molecular complexity index is 311. The van der Waals surface area contributed by atoms with Crippen LogP contribution in [0.1, 0.15) is 17.5 Å². The lowest BCUT2D eigenvalue weighted by molar-refractivity contribution is 0.0663. The normalized spacial score (nSPS) is 12.4. The van der Waals surface area contributed by atoms with E-state index < -0.39 is 5.97 Å². The van der Waals surface area contributed by atoms with Crippen molar-refractivity contribution >= 4 is 23.6 Å². The van der Waals surface area contributed by atoms with Crippen molar-refractivity contribution in [2.45, 2.75) is 13.0 Å². The monoisotopic (exact) mass is 215 g/mol. The van der Waals surface area contributed by atoms with E-state index in [-0.39, 0.29) is 11.8 Å². The quantitative estimate of drug-likeness (QED) is 0.788. The second-order valence-electron chi connectivity index (χ2n) is 2.97. The third-order valence-corrected chi connectivity index (χ3v) is 2.46. The highest BCUT2D eigenvalue weighted by atomic mass is 32.2. The van der Waals surface area contributed by atoms with Crippen LogP contribution in [0.25, 0.3) is 0 Å². The number of aromatic carboxylic acids is 1. The summed E-state index contributed by atoms with van der Waals surface area (Å²) in [6, 6.07) is 3.33. The Morgan fingerprint density at radius 3 is 2.93 bits per heavy atom. The third-order valence-electron chi connectivity index (χ3n) is 1.62. The van der Waals surface area contributed by atoms with Crippen LogP contribution in [-0.2, 0) is 0 Å². The molecule has 0 saturated heterocycles. The molecule has 0 aliphatic heterocycles. The molecule has 0 aliphatic rings. The Hall–Kier alpha value is -1.10. The van der Waals surface area contributed by atoms with Gasteiger partial charge >= 0.3 is 5.97 Å². The molecule has 2 N–H and O–H groups in total. The Morgan fingerprint density at radius 1 is 1.71 bits per heavy atom. The fraction of sp³-hybridized carbons (Fsp3) is 0.444. The molecule has 0 amide bonds. The summed E-state index contributed by atoms with van der Waals surface area (Å²) in [6.45, 7) is 2.01. The van der Waals surface area contributed by atoms with Crippen molar-refractivity contribution in [2.24, 2.45) is 0 Å². The lowest BCUT2D eigenvalue weighted by Gasteiger charge is -2.10. The molecule has 0 fully saturated rings. The standard InChI is InChI=1S/C9H13NO3S/c1-6(5-14-2)10-8-4-3-7(13-8)9(11)12/h3-4,6,10H,5H2,1-2H3,(H,11,12). The van der Waals surface area contributed by atoms with Gasteiger partial charge in [0.05, 0.1) is 0 Å². The molecule has 78 valence electrons. The van der Waals surface area contributed by atoms with Gasteiger partial charge in [-0.2, -0.15) is 11.8 Å². The highest BCUT2D eigenvalue weighted by Gasteiger charge is 2.09. The maximum atomic E-state index is 10.5. The average molecular weight is 215 g/mol. The summed E-state index contributed by atoms with van der Waals surface area (Å²) in [5.74, 6) is 0.367. The molecule has 1 unspecified atom stereocenters.